The number of piperidine rings is 1. The lowest BCUT2D eigenvalue weighted by Gasteiger charge is -2.41. The smallest absolute Gasteiger partial charge is 0.0615 e. The minimum atomic E-state index is -0.156. The highest BCUT2D eigenvalue weighted by Gasteiger charge is 2.34. The third kappa shape index (κ3) is 3.08. The average molecular weight is 233 g/mol. The Kier molecular flexibility index (Phi) is 3.55. The molecular weight excluding hydrogens is 210 g/mol. The van der Waals surface area contributed by atoms with E-state index in [0.717, 1.165) is 26.1 Å². The summed E-state index contributed by atoms with van der Waals surface area (Å²) in [6.07, 6.45) is 0.731. The predicted octanol–water partition coefficient (Wildman–Crippen LogP) is 2.59. The second kappa shape index (κ2) is 4.79. The van der Waals surface area contributed by atoms with Gasteiger partial charge in [-0.1, -0.05) is 43.7 Å². The van der Waals surface area contributed by atoms with Crippen molar-refractivity contribution >= 4 is 0 Å². The van der Waals surface area contributed by atoms with Crippen LogP contribution in [0.1, 0.15) is 31.4 Å². The Morgan fingerprint density at radius 1 is 1.41 bits per heavy atom. The molecule has 2 nitrogen and oxygen atoms in total. The number of hydrogen-bond donors (Lipinski definition) is 1. The van der Waals surface area contributed by atoms with Crippen LogP contribution in [0.5, 0.6) is 0 Å². The SMILES string of the molecule is Cc1cccc(CN2CCC(O)C(C)(C)C2)c1. The van der Waals surface area contributed by atoms with E-state index in [1.807, 2.05) is 0 Å². The molecule has 0 amide bonds. The lowest BCUT2D eigenvalue weighted by Crippen LogP contribution is -2.48. The molecule has 1 unspecified atom stereocenters. The van der Waals surface area contributed by atoms with E-state index in [1.54, 1.807) is 0 Å². The third-order valence-corrected chi connectivity index (χ3v) is 3.74. The lowest BCUT2D eigenvalue weighted by atomic mass is 9.81. The minimum absolute atomic E-state index is 0.0159. The number of aliphatic hydroxyl groups is 1. The van der Waals surface area contributed by atoms with Crippen LogP contribution < -0.4 is 0 Å². The summed E-state index contributed by atoms with van der Waals surface area (Å²) >= 11 is 0. The van der Waals surface area contributed by atoms with Gasteiger partial charge in [-0.2, -0.15) is 0 Å². The van der Waals surface area contributed by atoms with Crippen LogP contribution in [0.4, 0.5) is 0 Å². The van der Waals surface area contributed by atoms with Gasteiger partial charge in [0.05, 0.1) is 6.10 Å². The first kappa shape index (κ1) is 12.6. The number of likely N-dealkylation sites (tertiary alicyclic amines) is 1. The second-order valence-corrected chi connectivity index (χ2v) is 5.99. The van der Waals surface area contributed by atoms with Crippen molar-refractivity contribution in [1.29, 1.82) is 0 Å². The van der Waals surface area contributed by atoms with Crippen LogP contribution in [0.2, 0.25) is 0 Å². The molecular formula is C15H23NO. The first-order chi connectivity index (χ1) is 7.97. The van der Waals surface area contributed by atoms with Gasteiger partial charge < -0.3 is 5.11 Å². The summed E-state index contributed by atoms with van der Waals surface area (Å²) in [7, 11) is 0. The summed E-state index contributed by atoms with van der Waals surface area (Å²) in [5.74, 6) is 0. The van der Waals surface area contributed by atoms with Gasteiger partial charge in [0.2, 0.25) is 0 Å². The zero-order valence-corrected chi connectivity index (χ0v) is 11.1. The largest absolute Gasteiger partial charge is 0.392 e. The van der Waals surface area contributed by atoms with Gasteiger partial charge in [0, 0.05) is 25.0 Å². The highest BCUT2D eigenvalue weighted by molar-refractivity contribution is 5.22. The maximum absolute atomic E-state index is 9.94. The maximum atomic E-state index is 9.94. The van der Waals surface area contributed by atoms with Crippen molar-refractivity contribution in [2.45, 2.75) is 39.8 Å². The van der Waals surface area contributed by atoms with Crippen LogP contribution in [0.3, 0.4) is 0 Å². The molecule has 1 aliphatic rings. The van der Waals surface area contributed by atoms with Gasteiger partial charge >= 0.3 is 0 Å². The topological polar surface area (TPSA) is 23.5 Å². The van der Waals surface area contributed by atoms with Gasteiger partial charge in [0.1, 0.15) is 0 Å². The van der Waals surface area contributed by atoms with Gasteiger partial charge in [-0.05, 0) is 18.9 Å². The highest BCUT2D eigenvalue weighted by Crippen LogP contribution is 2.29. The van der Waals surface area contributed by atoms with E-state index in [0.29, 0.717) is 0 Å². The van der Waals surface area contributed by atoms with E-state index in [2.05, 4.69) is 49.9 Å². The molecule has 2 heteroatoms. The predicted molar refractivity (Wildman–Crippen MR) is 70.9 cm³/mol. The van der Waals surface area contributed by atoms with Crippen LogP contribution in [0.25, 0.3) is 0 Å². The summed E-state index contributed by atoms with van der Waals surface area (Å²) in [5.41, 5.74) is 2.71. The molecule has 0 radical (unpaired) electrons. The summed E-state index contributed by atoms with van der Waals surface area (Å²) in [6.45, 7) is 9.41. The molecule has 94 valence electrons. The Morgan fingerprint density at radius 2 is 2.18 bits per heavy atom. The Labute approximate surface area is 104 Å². The fourth-order valence-electron chi connectivity index (χ4n) is 2.66. The van der Waals surface area contributed by atoms with Crippen molar-refractivity contribution in [2.24, 2.45) is 5.41 Å². The summed E-state index contributed by atoms with van der Waals surface area (Å²) in [4.78, 5) is 2.45. The second-order valence-electron chi connectivity index (χ2n) is 5.99. The first-order valence-electron chi connectivity index (χ1n) is 6.43. The molecule has 2 rings (SSSR count). The van der Waals surface area contributed by atoms with E-state index >= 15 is 0 Å². The molecule has 1 aromatic carbocycles. The Bertz CT molecular complexity index is 386. The molecule has 1 aromatic rings. The number of aryl methyl sites for hydroxylation is 1. The Balaban J connectivity index is 2.01. The number of benzene rings is 1. The van der Waals surface area contributed by atoms with E-state index in [9.17, 15) is 5.11 Å². The zero-order chi connectivity index (χ0) is 12.5. The number of nitrogens with zero attached hydrogens (tertiary/aromatic N) is 1. The molecule has 1 N–H and O–H groups in total. The normalized spacial score (nSPS) is 24.8. The van der Waals surface area contributed by atoms with Gasteiger partial charge in [0.15, 0.2) is 0 Å². The summed E-state index contributed by atoms with van der Waals surface area (Å²) < 4.78 is 0. The quantitative estimate of drug-likeness (QED) is 0.848. The lowest BCUT2D eigenvalue weighted by molar-refractivity contribution is -0.0270. The van der Waals surface area contributed by atoms with Crippen molar-refractivity contribution in [3.63, 3.8) is 0 Å². The molecule has 1 atom stereocenters. The molecule has 0 bridgehead atoms. The van der Waals surface area contributed by atoms with E-state index in [1.165, 1.54) is 11.1 Å². The highest BCUT2D eigenvalue weighted by atomic mass is 16.3. The fourth-order valence-corrected chi connectivity index (χ4v) is 2.66. The summed E-state index contributed by atoms with van der Waals surface area (Å²) in [6, 6.07) is 8.69. The van der Waals surface area contributed by atoms with Gasteiger partial charge in [-0.25, -0.2) is 0 Å². The van der Waals surface area contributed by atoms with Crippen molar-refractivity contribution in [3.05, 3.63) is 35.4 Å². The molecule has 1 heterocycles. The molecule has 0 spiro atoms. The van der Waals surface area contributed by atoms with E-state index in [4.69, 9.17) is 0 Å². The number of hydrogen-bond acceptors (Lipinski definition) is 2. The van der Waals surface area contributed by atoms with Crippen molar-refractivity contribution in [2.75, 3.05) is 13.1 Å². The van der Waals surface area contributed by atoms with Crippen molar-refractivity contribution in [3.8, 4) is 0 Å². The van der Waals surface area contributed by atoms with Gasteiger partial charge in [-0.15, -0.1) is 0 Å². The van der Waals surface area contributed by atoms with Crippen LogP contribution in [-0.4, -0.2) is 29.2 Å². The Morgan fingerprint density at radius 3 is 2.82 bits per heavy atom. The van der Waals surface area contributed by atoms with E-state index in [-0.39, 0.29) is 11.5 Å². The van der Waals surface area contributed by atoms with E-state index < -0.39 is 0 Å². The maximum Gasteiger partial charge on any atom is 0.0615 e. The van der Waals surface area contributed by atoms with Crippen LogP contribution in [0, 0.1) is 12.3 Å². The molecule has 1 fully saturated rings. The first-order valence-corrected chi connectivity index (χ1v) is 6.43. The van der Waals surface area contributed by atoms with Crippen molar-refractivity contribution < 1.29 is 5.11 Å². The standard InChI is InChI=1S/C15H23NO/c1-12-5-4-6-13(9-12)10-16-8-7-14(17)15(2,3)11-16/h4-6,9,14,17H,7-8,10-11H2,1-3H3. The third-order valence-electron chi connectivity index (χ3n) is 3.74. The average Bonchev–Trinajstić information content (AvgIpc) is 2.23. The number of aliphatic hydroxyl groups excluding tert-OH is 1. The molecule has 17 heavy (non-hydrogen) atoms. The van der Waals surface area contributed by atoms with Gasteiger partial charge in [0.25, 0.3) is 0 Å². The van der Waals surface area contributed by atoms with Crippen LogP contribution >= 0.6 is 0 Å². The van der Waals surface area contributed by atoms with Crippen LogP contribution in [0.15, 0.2) is 24.3 Å². The van der Waals surface area contributed by atoms with Crippen molar-refractivity contribution in [1.82, 2.24) is 4.90 Å². The molecule has 0 saturated carbocycles. The zero-order valence-electron chi connectivity index (χ0n) is 11.1. The van der Waals surface area contributed by atoms with Crippen LogP contribution in [-0.2, 0) is 6.54 Å². The molecule has 0 aromatic heterocycles. The Hall–Kier alpha value is -0.860. The fraction of sp³-hybridized carbons (Fsp3) is 0.600. The number of rotatable bonds is 2. The molecule has 1 saturated heterocycles. The minimum Gasteiger partial charge on any atom is -0.392 e. The molecule has 1 aliphatic heterocycles. The monoisotopic (exact) mass is 233 g/mol. The summed E-state index contributed by atoms with van der Waals surface area (Å²) in [5, 5.41) is 9.94. The van der Waals surface area contributed by atoms with Gasteiger partial charge in [-0.3, -0.25) is 4.90 Å². The molecule has 0 aliphatic carbocycles.